The molecule has 3 N–H and O–H groups in total. The van der Waals surface area contributed by atoms with Gasteiger partial charge in [-0.25, -0.2) is 0 Å². The molecule has 0 saturated heterocycles. The van der Waals surface area contributed by atoms with Crippen molar-refractivity contribution in [1.29, 1.82) is 0 Å². The van der Waals surface area contributed by atoms with Crippen LogP contribution in [0.2, 0.25) is 0 Å². The van der Waals surface area contributed by atoms with Gasteiger partial charge in [-0.15, -0.1) is 11.8 Å². The second-order valence-corrected chi connectivity index (χ2v) is 7.74. The van der Waals surface area contributed by atoms with Crippen molar-refractivity contribution in [3.05, 3.63) is 28.7 Å². The molecule has 1 fully saturated rings. The van der Waals surface area contributed by atoms with E-state index in [1.807, 2.05) is 11.8 Å². The van der Waals surface area contributed by atoms with Crippen LogP contribution >= 0.6 is 27.7 Å². The van der Waals surface area contributed by atoms with Gasteiger partial charge < -0.3 is 0 Å². The second kappa shape index (κ2) is 8.42. The number of hydrogen-bond donors (Lipinski definition) is 2. The molecular weight excluding hydrogens is 332 g/mol. The van der Waals surface area contributed by atoms with Crippen molar-refractivity contribution in [2.24, 2.45) is 17.7 Å². The molecule has 4 heteroatoms. The molecule has 2 nitrogen and oxygen atoms in total. The number of rotatable bonds is 6. The zero-order valence-corrected chi connectivity index (χ0v) is 14.6. The molecule has 20 heavy (non-hydrogen) atoms. The molecule has 0 heterocycles. The van der Waals surface area contributed by atoms with Crippen molar-refractivity contribution >= 4 is 27.7 Å². The number of thioether (sulfide) groups is 1. The molecule has 112 valence electrons. The van der Waals surface area contributed by atoms with Crippen LogP contribution in [0.25, 0.3) is 0 Å². The van der Waals surface area contributed by atoms with Crippen LogP contribution in [0.3, 0.4) is 0 Å². The van der Waals surface area contributed by atoms with E-state index in [1.165, 1.54) is 37.0 Å². The Morgan fingerprint density at radius 1 is 1.25 bits per heavy atom. The summed E-state index contributed by atoms with van der Waals surface area (Å²) >= 11 is 5.37. The summed E-state index contributed by atoms with van der Waals surface area (Å²) in [5.41, 5.74) is 3.06. The van der Waals surface area contributed by atoms with Gasteiger partial charge in [-0.2, -0.15) is 0 Å². The first-order valence-corrected chi connectivity index (χ1v) is 9.35. The molecule has 1 aromatic rings. The Morgan fingerprint density at radius 2 is 1.90 bits per heavy atom. The van der Waals surface area contributed by atoms with Crippen molar-refractivity contribution in [3.63, 3.8) is 0 Å². The first kappa shape index (κ1) is 16.3. The lowest BCUT2D eigenvalue weighted by molar-refractivity contribution is 0.228. The van der Waals surface area contributed by atoms with E-state index in [9.17, 15) is 0 Å². The van der Waals surface area contributed by atoms with Gasteiger partial charge in [0.05, 0.1) is 0 Å². The second-order valence-electron chi connectivity index (χ2n) is 5.73. The van der Waals surface area contributed by atoms with Crippen LogP contribution < -0.4 is 11.3 Å². The summed E-state index contributed by atoms with van der Waals surface area (Å²) in [5.74, 6) is 8.53. The highest BCUT2D eigenvalue weighted by Crippen LogP contribution is 2.34. The summed E-state index contributed by atoms with van der Waals surface area (Å²) in [7, 11) is 0. The first-order valence-electron chi connectivity index (χ1n) is 7.57. The molecule has 2 rings (SSSR count). The topological polar surface area (TPSA) is 38.0 Å². The number of nitrogens with one attached hydrogen (secondary N) is 1. The normalized spacial score (nSPS) is 24.6. The average molecular weight is 357 g/mol. The van der Waals surface area contributed by atoms with Crippen LogP contribution in [0, 0.1) is 11.8 Å². The van der Waals surface area contributed by atoms with Crippen LogP contribution in [-0.4, -0.2) is 11.8 Å². The Labute approximate surface area is 135 Å². The van der Waals surface area contributed by atoms with Crippen LogP contribution in [0.5, 0.6) is 0 Å². The van der Waals surface area contributed by atoms with E-state index >= 15 is 0 Å². The molecule has 1 aromatic carbocycles. The maximum absolute atomic E-state index is 5.79. The number of nitrogens with two attached hydrogens (primary N) is 1. The number of benzene rings is 1. The number of hydrazine groups is 1. The van der Waals surface area contributed by atoms with Crippen LogP contribution in [0.4, 0.5) is 0 Å². The smallest absolute Gasteiger partial charge is 0.0332 e. The molecule has 1 atom stereocenters. The predicted molar refractivity (Wildman–Crippen MR) is 91.7 cm³/mol. The highest BCUT2D eigenvalue weighted by Gasteiger charge is 2.26. The minimum absolute atomic E-state index is 0.432. The van der Waals surface area contributed by atoms with Gasteiger partial charge in [0, 0.05) is 21.2 Å². The fourth-order valence-electron chi connectivity index (χ4n) is 3.04. The summed E-state index contributed by atoms with van der Waals surface area (Å²) in [6, 6.07) is 8.95. The lowest BCUT2D eigenvalue weighted by atomic mass is 9.78. The maximum atomic E-state index is 5.79. The Hall–Kier alpha value is -0.0300. The largest absolute Gasteiger partial charge is 0.271 e. The summed E-state index contributed by atoms with van der Waals surface area (Å²) in [5, 5.41) is 0. The monoisotopic (exact) mass is 356 g/mol. The van der Waals surface area contributed by atoms with Crippen LogP contribution in [-0.2, 0) is 0 Å². The van der Waals surface area contributed by atoms with Crippen molar-refractivity contribution in [3.8, 4) is 0 Å². The summed E-state index contributed by atoms with van der Waals surface area (Å²) in [4.78, 5) is 1.32. The van der Waals surface area contributed by atoms with E-state index in [0.717, 1.165) is 22.1 Å². The predicted octanol–water partition coefficient (Wildman–Crippen LogP) is 4.59. The van der Waals surface area contributed by atoms with Gasteiger partial charge in [-0.1, -0.05) is 42.1 Å². The highest BCUT2D eigenvalue weighted by atomic mass is 79.9. The molecule has 0 amide bonds. The van der Waals surface area contributed by atoms with Gasteiger partial charge in [-0.3, -0.25) is 11.3 Å². The van der Waals surface area contributed by atoms with Crippen molar-refractivity contribution in [2.45, 2.75) is 50.0 Å². The van der Waals surface area contributed by atoms with Gasteiger partial charge in [0.1, 0.15) is 0 Å². The molecule has 1 aliphatic rings. The SMILES string of the molecule is CCC1CCC(C(CSc2ccc(Br)cc2)NN)CC1. The molecule has 1 saturated carbocycles. The number of hydrogen-bond acceptors (Lipinski definition) is 3. The Morgan fingerprint density at radius 3 is 2.45 bits per heavy atom. The van der Waals surface area contributed by atoms with E-state index in [0.29, 0.717) is 6.04 Å². The first-order chi connectivity index (χ1) is 9.72. The zero-order valence-electron chi connectivity index (χ0n) is 12.1. The molecule has 1 unspecified atom stereocenters. The van der Waals surface area contributed by atoms with E-state index in [1.54, 1.807) is 0 Å². The third kappa shape index (κ3) is 4.76. The van der Waals surface area contributed by atoms with Gasteiger partial charge >= 0.3 is 0 Å². The number of halogens is 1. The van der Waals surface area contributed by atoms with Gasteiger partial charge in [-0.05, 0) is 48.9 Å². The summed E-state index contributed by atoms with van der Waals surface area (Å²) < 4.78 is 1.13. The maximum Gasteiger partial charge on any atom is 0.0332 e. The van der Waals surface area contributed by atoms with Gasteiger partial charge in [0.25, 0.3) is 0 Å². The van der Waals surface area contributed by atoms with E-state index in [2.05, 4.69) is 52.5 Å². The van der Waals surface area contributed by atoms with E-state index in [4.69, 9.17) is 5.84 Å². The molecular formula is C16H25BrN2S. The Balaban J connectivity index is 1.81. The van der Waals surface area contributed by atoms with Crippen molar-refractivity contribution in [1.82, 2.24) is 5.43 Å². The fraction of sp³-hybridized carbons (Fsp3) is 0.625. The quantitative estimate of drug-likeness (QED) is 0.444. The molecule has 0 spiro atoms. The minimum Gasteiger partial charge on any atom is -0.271 e. The average Bonchev–Trinajstić information content (AvgIpc) is 2.50. The molecule has 0 radical (unpaired) electrons. The lowest BCUT2D eigenvalue weighted by Gasteiger charge is -2.33. The van der Waals surface area contributed by atoms with Crippen molar-refractivity contribution in [2.75, 3.05) is 5.75 Å². The van der Waals surface area contributed by atoms with E-state index in [-0.39, 0.29) is 0 Å². The Bertz CT molecular complexity index is 388. The molecule has 0 bridgehead atoms. The fourth-order valence-corrected chi connectivity index (χ4v) is 4.37. The zero-order chi connectivity index (χ0) is 14.4. The summed E-state index contributed by atoms with van der Waals surface area (Å²) in [6.07, 6.45) is 6.74. The third-order valence-corrected chi connectivity index (χ3v) is 6.16. The molecule has 1 aliphatic carbocycles. The van der Waals surface area contributed by atoms with Crippen LogP contribution in [0.1, 0.15) is 39.0 Å². The summed E-state index contributed by atoms with van der Waals surface area (Å²) in [6.45, 7) is 2.31. The van der Waals surface area contributed by atoms with Crippen LogP contribution in [0.15, 0.2) is 33.6 Å². The van der Waals surface area contributed by atoms with Crippen molar-refractivity contribution < 1.29 is 0 Å². The molecule has 0 aromatic heterocycles. The Kier molecular flexibility index (Phi) is 6.88. The van der Waals surface area contributed by atoms with Gasteiger partial charge in [0.15, 0.2) is 0 Å². The standard InChI is InChI=1S/C16H25BrN2S/c1-2-12-3-5-13(6-4-12)16(19-18)11-20-15-9-7-14(17)8-10-15/h7-10,12-13,16,19H,2-6,11,18H2,1H3. The van der Waals surface area contributed by atoms with E-state index < -0.39 is 0 Å². The van der Waals surface area contributed by atoms with Gasteiger partial charge in [0.2, 0.25) is 0 Å². The minimum atomic E-state index is 0.432. The molecule has 0 aliphatic heterocycles. The lowest BCUT2D eigenvalue weighted by Crippen LogP contribution is -2.44. The third-order valence-electron chi connectivity index (χ3n) is 4.50. The highest BCUT2D eigenvalue weighted by molar-refractivity contribution is 9.10.